The van der Waals surface area contributed by atoms with Crippen molar-refractivity contribution in [3.63, 3.8) is 0 Å². The van der Waals surface area contributed by atoms with Gasteiger partial charge in [0.2, 0.25) is 0 Å². The molecule has 140 valence electrons. The summed E-state index contributed by atoms with van der Waals surface area (Å²) in [4.78, 5) is 15.4. The van der Waals surface area contributed by atoms with Crippen LogP contribution >= 0.6 is 0 Å². The largest absolute Gasteiger partial charge is 0.491 e. The lowest BCUT2D eigenvalue weighted by molar-refractivity contribution is -0.137. The van der Waals surface area contributed by atoms with Gasteiger partial charge < -0.3 is 19.6 Å². The van der Waals surface area contributed by atoms with Gasteiger partial charge in [0.05, 0.1) is 6.10 Å². The zero-order valence-electron chi connectivity index (χ0n) is 15.6. The average Bonchev–Trinajstić information content (AvgIpc) is 2.61. The van der Waals surface area contributed by atoms with Gasteiger partial charge in [-0.25, -0.2) is 0 Å². The molecule has 2 aromatic rings. The summed E-state index contributed by atoms with van der Waals surface area (Å²) >= 11 is 0. The highest BCUT2D eigenvalue weighted by molar-refractivity contribution is 5.95. The SMILES string of the molecule is CC(CCCC(=O)O)Oc1ccc2cccc(N3CCN(C)CC3)c2c1. The van der Waals surface area contributed by atoms with Gasteiger partial charge in [0.1, 0.15) is 5.75 Å². The topological polar surface area (TPSA) is 53.0 Å². The highest BCUT2D eigenvalue weighted by Crippen LogP contribution is 2.31. The number of carboxylic acids is 1. The molecule has 0 aliphatic carbocycles. The smallest absolute Gasteiger partial charge is 0.303 e. The van der Waals surface area contributed by atoms with Crippen molar-refractivity contribution in [1.82, 2.24) is 4.90 Å². The normalized spacial score (nSPS) is 16.6. The van der Waals surface area contributed by atoms with Gasteiger partial charge in [0.15, 0.2) is 0 Å². The van der Waals surface area contributed by atoms with E-state index in [-0.39, 0.29) is 12.5 Å². The summed E-state index contributed by atoms with van der Waals surface area (Å²) in [6, 6.07) is 12.7. The fourth-order valence-electron chi connectivity index (χ4n) is 3.46. The molecule has 0 bridgehead atoms. The predicted molar refractivity (Wildman–Crippen MR) is 105 cm³/mol. The van der Waals surface area contributed by atoms with Crippen molar-refractivity contribution in [2.24, 2.45) is 0 Å². The quantitative estimate of drug-likeness (QED) is 0.821. The van der Waals surface area contributed by atoms with Crippen LogP contribution in [0.5, 0.6) is 5.75 Å². The molecule has 0 aromatic heterocycles. The lowest BCUT2D eigenvalue weighted by atomic mass is 10.1. The molecule has 26 heavy (non-hydrogen) atoms. The third-order valence-electron chi connectivity index (χ3n) is 5.01. The number of benzene rings is 2. The minimum Gasteiger partial charge on any atom is -0.491 e. The van der Waals surface area contributed by atoms with E-state index < -0.39 is 5.97 Å². The van der Waals surface area contributed by atoms with E-state index in [0.717, 1.165) is 38.3 Å². The summed E-state index contributed by atoms with van der Waals surface area (Å²) in [7, 11) is 2.16. The first-order chi connectivity index (χ1) is 12.5. The van der Waals surface area contributed by atoms with E-state index in [4.69, 9.17) is 9.84 Å². The van der Waals surface area contributed by atoms with Crippen molar-refractivity contribution in [3.8, 4) is 5.75 Å². The van der Waals surface area contributed by atoms with Crippen LogP contribution in [0.15, 0.2) is 36.4 Å². The molecule has 0 radical (unpaired) electrons. The van der Waals surface area contributed by atoms with Crippen molar-refractivity contribution in [3.05, 3.63) is 36.4 Å². The Bertz CT molecular complexity index is 754. The minimum atomic E-state index is -0.750. The zero-order valence-corrected chi connectivity index (χ0v) is 15.6. The highest BCUT2D eigenvalue weighted by Gasteiger charge is 2.16. The molecule has 0 spiro atoms. The van der Waals surface area contributed by atoms with Crippen molar-refractivity contribution in [1.29, 1.82) is 0 Å². The van der Waals surface area contributed by atoms with Gasteiger partial charge in [0.25, 0.3) is 0 Å². The van der Waals surface area contributed by atoms with Gasteiger partial charge in [-0.2, -0.15) is 0 Å². The summed E-state index contributed by atoms with van der Waals surface area (Å²) in [6.07, 6.45) is 1.57. The van der Waals surface area contributed by atoms with Gasteiger partial charge in [-0.3, -0.25) is 4.79 Å². The van der Waals surface area contributed by atoms with Crippen LogP contribution in [0, 0.1) is 0 Å². The second kappa shape index (κ2) is 8.41. The number of rotatable bonds is 7. The second-order valence-corrected chi connectivity index (χ2v) is 7.16. The molecule has 1 saturated heterocycles. The molecule has 1 atom stereocenters. The third kappa shape index (κ3) is 4.67. The van der Waals surface area contributed by atoms with Gasteiger partial charge in [0, 0.05) is 43.7 Å². The Kier molecular flexibility index (Phi) is 5.99. The number of anilines is 1. The fourth-order valence-corrected chi connectivity index (χ4v) is 3.46. The molecule has 5 nitrogen and oxygen atoms in total. The molecule has 1 heterocycles. The number of hydrogen-bond donors (Lipinski definition) is 1. The highest BCUT2D eigenvalue weighted by atomic mass is 16.5. The first-order valence-corrected chi connectivity index (χ1v) is 9.37. The van der Waals surface area contributed by atoms with Crippen LogP contribution in [0.1, 0.15) is 26.2 Å². The van der Waals surface area contributed by atoms with E-state index in [0.29, 0.717) is 6.42 Å². The fraction of sp³-hybridized carbons (Fsp3) is 0.476. The van der Waals surface area contributed by atoms with Gasteiger partial charge in [-0.1, -0.05) is 18.2 Å². The molecule has 1 aliphatic heterocycles. The molecule has 1 unspecified atom stereocenters. The summed E-state index contributed by atoms with van der Waals surface area (Å²) in [6.45, 7) is 6.22. The maximum atomic E-state index is 10.6. The number of hydrogen-bond acceptors (Lipinski definition) is 4. The van der Waals surface area contributed by atoms with Crippen molar-refractivity contribution in [2.75, 3.05) is 38.1 Å². The number of piperazine rings is 1. The van der Waals surface area contributed by atoms with E-state index in [1.807, 2.05) is 13.0 Å². The Labute approximate surface area is 155 Å². The Balaban J connectivity index is 1.74. The predicted octanol–water partition coefficient (Wildman–Crippen LogP) is 3.61. The molecule has 1 N–H and O–H groups in total. The van der Waals surface area contributed by atoms with Crippen LogP contribution in [-0.4, -0.2) is 55.3 Å². The summed E-state index contributed by atoms with van der Waals surface area (Å²) in [5.41, 5.74) is 1.26. The van der Waals surface area contributed by atoms with Crippen LogP contribution in [0.2, 0.25) is 0 Å². The first kappa shape index (κ1) is 18.5. The number of carboxylic acid groups (broad SMARTS) is 1. The number of aliphatic carboxylic acids is 1. The molecule has 0 saturated carbocycles. The summed E-state index contributed by atoms with van der Waals surface area (Å²) < 4.78 is 6.04. The summed E-state index contributed by atoms with van der Waals surface area (Å²) in [5, 5.41) is 11.2. The van der Waals surface area contributed by atoms with Crippen LogP contribution in [0.4, 0.5) is 5.69 Å². The maximum Gasteiger partial charge on any atom is 0.303 e. The molecule has 3 rings (SSSR count). The van der Waals surface area contributed by atoms with Gasteiger partial charge in [-0.15, -0.1) is 0 Å². The van der Waals surface area contributed by atoms with Crippen molar-refractivity contribution < 1.29 is 14.6 Å². The van der Waals surface area contributed by atoms with E-state index in [9.17, 15) is 4.79 Å². The lowest BCUT2D eigenvalue weighted by Crippen LogP contribution is -2.44. The number of fused-ring (bicyclic) bond motifs is 1. The third-order valence-corrected chi connectivity index (χ3v) is 5.01. The van der Waals surface area contributed by atoms with E-state index in [1.165, 1.54) is 16.5 Å². The van der Waals surface area contributed by atoms with Crippen molar-refractivity contribution in [2.45, 2.75) is 32.3 Å². The average molecular weight is 356 g/mol. The van der Waals surface area contributed by atoms with Gasteiger partial charge in [-0.05, 0) is 50.4 Å². The molecule has 1 aliphatic rings. The Morgan fingerprint density at radius 1 is 1.19 bits per heavy atom. The van der Waals surface area contributed by atoms with E-state index in [2.05, 4.69) is 47.2 Å². The van der Waals surface area contributed by atoms with Crippen LogP contribution < -0.4 is 9.64 Å². The monoisotopic (exact) mass is 356 g/mol. The molecule has 1 fully saturated rings. The number of carbonyl (C=O) groups is 1. The van der Waals surface area contributed by atoms with E-state index in [1.54, 1.807) is 0 Å². The van der Waals surface area contributed by atoms with Crippen molar-refractivity contribution >= 4 is 22.4 Å². The standard InChI is InChI=1S/C21H28N2O3/c1-16(5-3-8-21(24)25)26-18-10-9-17-6-4-7-20(19(17)15-18)23-13-11-22(2)12-14-23/h4,6-7,9-10,15-16H,3,5,8,11-14H2,1-2H3,(H,24,25). The van der Waals surface area contributed by atoms with Crippen LogP contribution in [0.3, 0.4) is 0 Å². The van der Waals surface area contributed by atoms with Gasteiger partial charge >= 0.3 is 5.97 Å². The number of likely N-dealkylation sites (N-methyl/N-ethyl adjacent to an activating group) is 1. The minimum absolute atomic E-state index is 0.00241. The second-order valence-electron chi connectivity index (χ2n) is 7.16. The number of nitrogens with zero attached hydrogens (tertiary/aromatic N) is 2. The Hall–Kier alpha value is -2.27. The zero-order chi connectivity index (χ0) is 18.5. The van der Waals surface area contributed by atoms with Crippen LogP contribution in [0.25, 0.3) is 10.8 Å². The molecule has 0 amide bonds. The Morgan fingerprint density at radius 3 is 2.69 bits per heavy atom. The molecular weight excluding hydrogens is 328 g/mol. The van der Waals surface area contributed by atoms with E-state index >= 15 is 0 Å². The first-order valence-electron chi connectivity index (χ1n) is 9.37. The molecule has 2 aromatic carbocycles. The Morgan fingerprint density at radius 2 is 1.96 bits per heavy atom. The maximum absolute atomic E-state index is 10.6. The summed E-state index contributed by atoms with van der Waals surface area (Å²) in [5.74, 6) is 0.0987. The lowest BCUT2D eigenvalue weighted by Gasteiger charge is -2.34. The number of ether oxygens (including phenoxy) is 1. The van der Waals surface area contributed by atoms with Crippen LogP contribution in [-0.2, 0) is 4.79 Å². The molecular formula is C21H28N2O3. The molecule has 5 heteroatoms.